The third kappa shape index (κ3) is 2.09. The quantitative estimate of drug-likeness (QED) is 0.809. The minimum atomic E-state index is -0.494. The first-order valence-electron chi connectivity index (χ1n) is 4.24. The molecular formula is C9H8F2N4. The van der Waals surface area contributed by atoms with Crippen molar-refractivity contribution < 1.29 is 8.78 Å². The summed E-state index contributed by atoms with van der Waals surface area (Å²) in [6.07, 6.45) is 1.34. The van der Waals surface area contributed by atoms with Gasteiger partial charge in [0.1, 0.15) is 11.6 Å². The summed E-state index contributed by atoms with van der Waals surface area (Å²) < 4.78 is 26.0. The summed E-state index contributed by atoms with van der Waals surface area (Å²) in [5.74, 6) is -0.745. The first kappa shape index (κ1) is 9.57. The summed E-state index contributed by atoms with van der Waals surface area (Å²) in [5.41, 5.74) is 5.52. The lowest BCUT2D eigenvalue weighted by Crippen LogP contribution is -2.06. The second-order valence-electron chi connectivity index (χ2n) is 3.04. The van der Waals surface area contributed by atoms with Gasteiger partial charge in [-0.15, -0.1) is 5.10 Å². The molecule has 2 N–H and O–H groups in total. The maximum absolute atomic E-state index is 13.2. The number of hydrogen-bond acceptors (Lipinski definition) is 3. The molecule has 0 unspecified atom stereocenters. The predicted octanol–water partition coefficient (Wildman–Crippen LogP) is 1.19. The van der Waals surface area contributed by atoms with Crippen LogP contribution in [0.25, 0.3) is 0 Å². The van der Waals surface area contributed by atoms with E-state index in [2.05, 4.69) is 10.2 Å². The van der Waals surface area contributed by atoms with Gasteiger partial charge in [0.15, 0.2) is 5.82 Å². The van der Waals surface area contributed by atoms with Gasteiger partial charge in [0.25, 0.3) is 0 Å². The Morgan fingerprint density at radius 1 is 1.33 bits per heavy atom. The maximum atomic E-state index is 13.2. The van der Waals surface area contributed by atoms with Crippen molar-refractivity contribution in [1.82, 2.24) is 15.0 Å². The Morgan fingerprint density at radius 3 is 2.80 bits per heavy atom. The molecule has 0 saturated carbocycles. The van der Waals surface area contributed by atoms with Crippen LogP contribution in [0.2, 0.25) is 0 Å². The monoisotopic (exact) mass is 210 g/mol. The molecule has 0 aliphatic rings. The van der Waals surface area contributed by atoms with E-state index in [1.165, 1.54) is 11.0 Å². The molecule has 0 atom stereocenters. The van der Waals surface area contributed by atoms with E-state index in [1.54, 1.807) is 0 Å². The first-order valence-corrected chi connectivity index (χ1v) is 4.24. The van der Waals surface area contributed by atoms with Crippen molar-refractivity contribution in [3.8, 4) is 0 Å². The van der Waals surface area contributed by atoms with Crippen LogP contribution in [0.15, 0.2) is 24.4 Å². The molecular weight excluding hydrogens is 202 g/mol. The Labute approximate surface area is 84.3 Å². The van der Waals surface area contributed by atoms with E-state index in [1.807, 2.05) is 0 Å². The summed E-state index contributed by atoms with van der Waals surface area (Å²) in [7, 11) is 0. The van der Waals surface area contributed by atoms with Crippen molar-refractivity contribution in [1.29, 1.82) is 0 Å². The summed E-state index contributed by atoms with van der Waals surface area (Å²) in [6, 6.07) is 3.23. The van der Waals surface area contributed by atoms with Crippen LogP contribution in [0.4, 0.5) is 14.6 Å². The fourth-order valence-electron chi connectivity index (χ4n) is 1.20. The summed E-state index contributed by atoms with van der Waals surface area (Å²) in [6.45, 7) is 0.0563. The van der Waals surface area contributed by atoms with Crippen molar-refractivity contribution in [3.05, 3.63) is 41.6 Å². The smallest absolute Gasteiger partial charge is 0.165 e. The van der Waals surface area contributed by atoms with Crippen LogP contribution in [-0.4, -0.2) is 15.0 Å². The minimum Gasteiger partial charge on any atom is -0.381 e. The molecule has 4 nitrogen and oxygen atoms in total. The fourth-order valence-corrected chi connectivity index (χ4v) is 1.20. The lowest BCUT2D eigenvalue weighted by molar-refractivity contribution is 0.539. The summed E-state index contributed by atoms with van der Waals surface area (Å²) >= 11 is 0. The van der Waals surface area contributed by atoms with Gasteiger partial charge in [0, 0.05) is 5.56 Å². The van der Waals surface area contributed by atoms with Crippen LogP contribution in [-0.2, 0) is 6.54 Å². The number of hydrogen-bond donors (Lipinski definition) is 1. The molecule has 0 radical (unpaired) electrons. The standard InChI is InChI=1S/C9H8F2N4/c10-7-1-2-8(11)6(3-7)5-15-13-4-9(12)14-15/h1-4H,5H2,(H2,12,14). The molecule has 0 spiro atoms. The second-order valence-corrected chi connectivity index (χ2v) is 3.04. The van der Waals surface area contributed by atoms with E-state index < -0.39 is 11.6 Å². The van der Waals surface area contributed by atoms with Crippen LogP contribution in [0.3, 0.4) is 0 Å². The van der Waals surface area contributed by atoms with Crippen LogP contribution in [0.5, 0.6) is 0 Å². The molecule has 0 saturated heterocycles. The van der Waals surface area contributed by atoms with E-state index in [4.69, 9.17) is 5.73 Å². The molecule has 1 aromatic carbocycles. The lowest BCUT2D eigenvalue weighted by atomic mass is 10.2. The zero-order chi connectivity index (χ0) is 10.8. The third-order valence-corrected chi connectivity index (χ3v) is 1.87. The topological polar surface area (TPSA) is 56.7 Å². The van der Waals surface area contributed by atoms with Gasteiger partial charge >= 0.3 is 0 Å². The summed E-state index contributed by atoms with van der Waals surface area (Å²) in [5, 5.41) is 7.54. The number of aromatic nitrogens is 3. The molecule has 1 aromatic heterocycles. The van der Waals surface area contributed by atoms with Gasteiger partial charge in [-0.1, -0.05) is 0 Å². The summed E-state index contributed by atoms with van der Waals surface area (Å²) in [4.78, 5) is 1.20. The molecule has 15 heavy (non-hydrogen) atoms. The van der Waals surface area contributed by atoms with E-state index in [9.17, 15) is 8.78 Å². The number of nitrogens with zero attached hydrogens (tertiary/aromatic N) is 3. The average molecular weight is 210 g/mol. The van der Waals surface area contributed by atoms with Crippen molar-refractivity contribution in [2.24, 2.45) is 0 Å². The lowest BCUT2D eigenvalue weighted by Gasteiger charge is -2.02. The number of nitrogens with two attached hydrogens (primary N) is 1. The van der Waals surface area contributed by atoms with Crippen molar-refractivity contribution in [3.63, 3.8) is 0 Å². The number of rotatable bonds is 2. The highest BCUT2D eigenvalue weighted by molar-refractivity contribution is 5.21. The first-order chi connectivity index (χ1) is 7.15. The normalized spacial score (nSPS) is 10.5. The van der Waals surface area contributed by atoms with Gasteiger partial charge in [-0.05, 0) is 18.2 Å². The predicted molar refractivity (Wildman–Crippen MR) is 49.9 cm³/mol. The Balaban J connectivity index is 2.27. The Morgan fingerprint density at radius 2 is 2.13 bits per heavy atom. The van der Waals surface area contributed by atoms with Crippen molar-refractivity contribution in [2.75, 3.05) is 5.73 Å². The van der Waals surface area contributed by atoms with Crippen LogP contribution in [0.1, 0.15) is 5.56 Å². The number of nitrogen functional groups attached to an aromatic ring is 1. The minimum absolute atomic E-state index is 0.0563. The molecule has 0 bridgehead atoms. The van der Waals surface area contributed by atoms with Gasteiger partial charge in [0.2, 0.25) is 0 Å². The molecule has 0 amide bonds. The molecule has 2 aromatic rings. The van der Waals surface area contributed by atoms with Gasteiger partial charge in [-0.25, -0.2) is 8.78 Å². The van der Waals surface area contributed by atoms with Crippen LogP contribution >= 0.6 is 0 Å². The van der Waals surface area contributed by atoms with Crippen LogP contribution in [0, 0.1) is 11.6 Å². The number of anilines is 1. The molecule has 0 aliphatic carbocycles. The number of benzene rings is 1. The van der Waals surface area contributed by atoms with E-state index in [0.717, 1.165) is 18.2 Å². The van der Waals surface area contributed by atoms with Gasteiger partial charge < -0.3 is 5.73 Å². The zero-order valence-electron chi connectivity index (χ0n) is 7.69. The van der Waals surface area contributed by atoms with Gasteiger partial charge in [0.05, 0.1) is 12.7 Å². The Bertz CT molecular complexity index is 481. The number of halogens is 2. The van der Waals surface area contributed by atoms with E-state index in [-0.39, 0.29) is 17.9 Å². The molecule has 0 fully saturated rings. The van der Waals surface area contributed by atoms with Crippen molar-refractivity contribution >= 4 is 5.82 Å². The molecule has 1 heterocycles. The largest absolute Gasteiger partial charge is 0.381 e. The third-order valence-electron chi connectivity index (χ3n) is 1.87. The van der Waals surface area contributed by atoms with E-state index >= 15 is 0 Å². The van der Waals surface area contributed by atoms with E-state index in [0.29, 0.717) is 0 Å². The Hall–Kier alpha value is -1.98. The highest BCUT2D eigenvalue weighted by Gasteiger charge is 2.06. The second kappa shape index (κ2) is 3.64. The average Bonchev–Trinajstić information content (AvgIpc) is 2.58. The molecule has 2 rings (SSSR count). The van der Waals surface area contributed by atoms with Gasteiger partial charge in [-0.3, -0.25) is 0 Å². The highest BCUT2D eigenvalue weighted by atomic mass is 19.1. The highest BCUT2D eigenvalue weighted by Crippen LogP contribution is 2.10. The molecule has 6 heteroatoms. The maximum Gasteiger partial charge on any atom is 0.165 e. The molecule has 0 aliphatic heterocycles. The van der Waals surface area contributed by atoms with Gasteiger partial charge in [-0.2, -0.15) is 9.90 Å². The molecule has 78 valence electrons. The van der Waals surface area contributed by atoms with Crippen LogP contribution < -0.4 is 5.73 Å². The fraction of sp³-hybridized carbons (Fsp3) is 0.111. The zero-order valence-corrected chi connectivity index (χ0v) is 7.69. The SMILES string of the molecule is Nc1cnn(Cc2cc(F)ccc2F)n1. The van der Waals surface area contributed by atoms with Crippen molar-refractivity contribution in [2.45, 2.75) is 6.54 Å². The Kier molecular flexibility index (Phi) is 2.32.